The predicted octanol–water partition coefficient (Wildman–Crippen LogP) is 3.12. The second kappa shape index (κ2) is 10.4. The van der Waals surface area contributed by atoms with Crippen molar-refractivity contribution in [2.75, 3.05) is 44.2 Å². The molecule has 0 N–H and O–H groups in total. The lowest BCUT2D eigenvalue weighted by Gasteiger charge is -2.36. The highest BCUT2D eigenvalue weighted by Crippen LogP contribution is 2.26. The van der Waals surface area contributed by atoms with Gasteiger partial charge in [-0.15, -0.1) is 16.8 Å². The Labute approximate surface area is 188 Å². The van der Waals surface area contributed by atoms with Crippen molar-refractivity contribution in [3.63, 3.8) is 0 Å². The molecule has 2 aromatic rings. The first-order valence-corrected chi connectivity index (χ1v) is 10.8. The van der Waals surface area contributed by atoms with Crippen LogP contribution in [-0.4, -0.2) is 71.1 Å². The van der Waals surface area contributed by atoms with Gasteiger partial charge in [0, 0.05) is 44.2 Å². The van der Waals surface area contributed by atoms with E-state index in [1.165, 1.54) is 0 Å². The SMILES string of the molecule is C=CCN(CC(=O)N1CCN(c2ccc(-c3ccccc3Cl)nn2)CC1)C(=O)C(C)C. The molecule has 3 rings (SSSR count). The summed E-state index contributed by atoms with van der Waals surface area (Å²) in [6, 6.07) is 11.4. The predicted molar refractivity (Wildman–Crippen MR) is 123 cm³/mol. The van der Waals surface area contributed by atoms with Crippen LogP contribution in [0.25, 0.3) is 11.3 Å². The maximum absolute atomic E-state index is 12.7. The summed E-state index contributed by atoms with van der Waals surface area (Å²) in [6.07, 6.45) is 1.65. The molecule has 0 aliphatic carbocycles. The van der Waals surface area contributed by atoms with Crippen LogP contribution >= 0.6 is 11.6 Å². The molecule has 1 fully saturated rings. The summed E-state index contributed by atoms with van der Waals surface area (Å²) in [5.41, 5.74) is 1.57. The van der Waals surface area contributed by atoms with E-state index >= 15 is 0 Å². The average molecular weight is 442 g/mol. The molecule has 2 amide bonds. The van der Waals surface area contributed by atoms with Crippen molar-refractivity contribution in [1.29, 1.82) is 0 Å². The van der Waals surface area contributed by atoms with Crippen molar-refractivity contribution in [1.82, 2.24) is 20.0 Å². The second-order valence-electron chi connectivity index (χ2n) is 7.79. The van der Waals surface area contributed by atoms with Crippen LogP contribution in [0.4, 0.5) is 5.82 Å². The van der Waals surface area contributed by atoms with Gasteiger partial charge in [-0.05, 0) is 18.2 Å². The van der Waals surface area contributed by atoms with Crippen molar-refractivity contribution in [2.24, 2.45) is 5.92 Å². The van der Waals surface area contributed by atoms with Crippen LogP contribution in [0.15, 0.2) is 49.1 Å². The smallest absolute Gasteiger partial charge is 0.242 e. The molecule has 1 aromatic carbocycles. The molecule has 1 aliphatic heterocycles. The van der Waals surface area contributed by atoms with E-state index in [1.54, 1.807) is 15.9 Å². The van der Waals surface area contributed by atoms with Crippen LogP contribution in [0.1, 0.15) is 13.8 Å². The molecule has 0 bridgehead atoms. The van der Waals surface area contributed by atoms with Crippen LogP contribution in [0, 0.1) is 5.92 Å². The number of carbonyl (C=O) groups is 2. The van der Waals surface area contributed by atoms with Crippen molar-refractivity contribution in [3.05, 3.63) is 54.1 Å². The molecule has 7 nitrogen and oxygen atoms in total. The second-order valence-corrected chi connectivity index (χ2v) is 8.19. The van der Waals surface area contributed by atoms with E-state index in [2.05, 4.69) is 21.7 Å². The third kappa shape index (κ3) is 5.61. The fourth-order valence-corrected chi connectivity index (χ4v) is 3.74. The summed E-state index contributed by atoms with van der Waals surface area (Å²) in [4.78, 5) is 30.5. The number of hydrogen-bond donors (Lipinski definition) is 0. The Morgan fingerprint density at radius 1 is 1.13 bits per heavy atom. The van der Waals surface area contributed by atoms with E-state index in [4.69, 9.17) is 11.6 Å². The molecular weight excluding hydrogens is 414 g/mol. The van der Waals surface area contributed by atoms with Crippen molar-refractivity contribution in [3.8, 4) is 11.3 Å². The number of amides is 2. The Hall–Kier alpha value is -2.93. The molecule has 8 heteroatoms. The number of aromatic nitrogens is 2. The maximum Gasteiger partial charge on any atom is 0.242 e. The minimum Gasteiger partial charge on any atom is -0.352 e. The van der Waals surface area contributed by atoms with Gasteiger partial charge in [-0.2, -0.15) is 0 Å². The number of anilines is 1. The number of nitrogens with zero attached hydrogens (tertiary/aromatic N) is 5. The van der Waals surface area contributed by atoms with Gasteiger partial charge in [-0.1, -0.05) is 49.7 Å². The monoisotopic (exact) mass is 441 g/mol. The van der Waals surface area contributed by atoms with Crippen LogP contribution in [0.5, 0.6) is 0 Å². The summed E-state index contributed by atoms with van der Waals surface area (Å²) < 4.78 is 0. The minimum absolute atomic E-state index is 0.0410. The molecule has 31 heavy (non-hydrogen) atoms. The van der Waals surface area contributed by atoms with Gasteiger partial charge in [0.2, 0.25) is 11.8 Å². The van der Waals surface area contributed by atoms with Crippen molar-refractivity contribution in [2.45, 2.75) is 13.8 Å². The van der Waals surface area contributed by atoms with Gasteiger partial charge < -0.3 is 14.7 Å². The first kappa shape index (κ1) is 22.7. The molecule has 1 aliphatic rings. The van der Waals surface area contributed by atoms with E-state index in [0.717, 1.165) is 17.1 Å². The Morgan fingerprint density at radius 3 is 2.42 bits per heavy atom. The number of piperazine rings is 1. The molecular formula is C23H28ClN5O2. The number of hydrogen-bond acceptors (Lipinski definition) is 5. The lowest BCUT2D eigenvalue weighted by molar-refractivity contribution is -0.142. The molecule has 1 aromatic heterocycles. The van der Waals surface area contributed by atoms with Crippen molar-refractivity contribution >= 4 is 29.2 Å². The van der Waals surface area contributed by atoms with E-state index in [-0.39, 0.29) is 24.3 Å². The minimum atomic E-state index is -0.156. The molecule has 1 saturated heterocycles. The van der Waals surface area contributed by atoms with Gasteiger partial charge in [0.1, 0.15) is 6.54 Å². The van der Waals surface area contributed by atoms with Gasteiger partial charge >= 0.3 is 0 Å². The third-order valence-electron chi connectivity index (χ3n) is 5.24. The Bertz CT molecular complexity index is 924. The summed E-state index contributed by atoms with van der Waals surface area (Å²) >= 11 is 6.24. The zero-order valence-electron chi connectivity index (χ0n) is 18.0. The zero-order valence-corrected chi connectivity index (χ0v) is 18.8. The molecule has 0 unspecified atom stereocenters. The van der Waals surface area contributed by atoms with E-state index in [1.807, 2.05) is 50.2 Å². The van der Waals surface area contributed by atoms with E-state index in [9.17, 15) is 9.59 Å². The Morgan fingerprint density at radius 2 is 1.84 bits per heavy atom. The van der Waals surface area contributed by atoms with E-state index < -0.39 is 0 Å². The molecule has 164 valence electrons. The topological polar surface area (TPSA) is 69.6 Å². The highest BCUT2D eigenvalue weighted by Gasteiger charge is 2.25. The molecule has 0 spiro atoms. The van der Waals surface area contributed by atoms with Crippen LogP contribution < -0.4 is 4.90 Å². The van der Waals surface area contributed by atoms with Crippen molar-refractivity contribution < 1.29 is 9.59 Å². The number of rotatable bonds is 7. The quantitative estimate of drug-likeness (QED) is 0.617. The van der Waals surface area contributed by atoms with Gasteiger partial charge in [0.05, 0.1) is 10.7 Å². The molecule has 0 radical (unpaired) electrons. The highest BCUT2D eigenvalue weighted by atomic mass is 35.5. The molecule has 2 heterocycles. The maximum atomic E-state index is 12.7. The molecule has 0 atom stereocenters. The van der Waals surface area contributed by atoms with Gasteiger partial charge in [0.15, 0.2) is 5.82 Å². The first-order valence-electron chi connectivity index (χ1n) is 10.4. The fourth-order valence-electron chi connectivity index (χ4n) is 3.51. The summed E-state index contributed by atoms with van der Waals surface area (Å²) in [7, 11) is 0. The number of carbonyl (C=O) groups excluding carboxylic acids is 2. The largest absolute Gasteiger partial charge is 0.352 e. The third-order valence-corrected chi connectivity index (χ3v) is 5.57. The number of halogens is 1. The highest BCUT2D eigenvalue weighted by molar-refractivity contribution is 6.33. The van der Waals surface area contributed by atoms with Gasteiger partial charge in [0.25, 0.3) is 0 Å². The zero-order chi connectivity index (χ0) is 22.4. The normalized spacial score (nSPS) is 13.9. The Balaban J connectivity index is 1.57. The average Bonchev–Trinajstić information content (AvgIpc) is 2.79. The summed E-state index contributed by atoms with van der Waals surface area (Å²) in [5, 5.41) is 9.32. The van der Waals surface area contributed by atoms with Gasteiger partial charge in [-0.25, -0.2) is 0 Å². The first-order chi connectivity index (χ1) is 14.9. The van der Waals surface area contributed by atoms with E-state index in [0.29, 0.717) is 37.7 Å². The van der Waals surface area contributed by atoms with Crippen LogP contribution in [-0.2, 0) is 9.59 Å². The summed E-state index contributed by atoms with van der Waals surface area (Å²) in [6.45, 7) is 10.3. The van der Waals surface area contributed by atoms with Crippen LogP contribution in [0.2, 0.25) is 5.02 Å². The van der Waals surface area contributed by atoms with Crippen LogP contribution in [0.3, 0.4) is 0 Å². The number of benzene rings is 1. The molecule has 0 saturated carbocycles. The lowest BCUT2D eigenvalue weighted by atomic mass is 10.1. The fraction of sp³-hybridized carbons (Fsp3) is 0.391. The lowest BCUT2D eigenvalue weighted by Crippen LogP contribution is -2.52. The standard InChI is InChI=1S/C23H28ClN5O2/c1-4-11-29(23(31)17(2)3)16-22(30)28-14-12-27(13-15-28)21-10-9-20(25-26-21)18-7-5-6-8-19(18)24/h4-10,17H,1,11-16H2,2-3H3. The van der Waals surface area contributed by atoms with Gasteiger partial charge in [-0.3, -0.25) is 9.59 Å². The Kier molecular flexibility index (Phi) is 7.63. The summed E-state index contributed by atoms with van der Waals surface area (Å²) in [5.74, 6) is 0.527.